The number of halogens is 2. The number of furan rings is 1. The lowest BCUT2D eigenvalue weighted by molar-refractivity contribution is 0.0524. The first-order valence-corrected chi connectivity index (χ1v) is 12.9. The number of pyridine rings is 1. The molecule has 0 saturated carbocycles. The molecular weight excluding hydrogens is 510 g/mol. The predicted molar refractivity (Wildman–Crippen MR) is 142 cm³/mol. The molecule has 3 heterocycles. The summed E-state index contributed by atoms with van der Waals surface area (Å²) < 4.78 is 41.4. The van der Waals surface area contributed by atoms with Crippen molar-refractivity contribution < 1.29 is 22.7 Å². The van der Waals surface area contributed by atoms with Gasteiger partial charge in [-0.3, -0.25) is 4.79 Å². The monoisotopic (exact) mass is 534 g/mol. The van der Waals surface area contributed by atoms with Crippen molar-refractivity contribution in [2.45, 2.75) is 26.6 Å². The topological polar surface area (TPSA) is 73.5 Å². The van der Waals surface area contributed by atoms with E-state index in [0.717, 1.165) is 16.2 Å². The molecule has 6 nitrogen and oxygen atoms in total. The van der Waals surface area contributed by atoms with Crippen LogP contribution in [0, 0.1) is 11.6 Å². The number of fused-ring (bicyclic) bond motifs is 1. The molecule has 0 saturated heterocycles. The van der Waals surface area contributed by atoms with Crippen LogP contribution in [0.4, 0.5) is 8.78 Å². The number of hydrogen-bond acceptors (Lipinski definition) is 6. The number of nitrogens with zero attached hydrogens (tertiary/aromatic N) is 1. The third-order valence-corrected chi connectivity index (χ3v) is 7.43. The van der Waals surface area contributed by atoms with E-state index in [1.54, 1.807) is 23.8 Å². The van der Waals surface area contributed by atoms with Gasteiger partial charge in [-0.1, -0.05) is 36.4 Å². The molecule has 0 bridgehead atoms. The van der Waals surface area contributed by atoms with Crippen molar-refractivity contribution in [1.29, 1.82) is 0 Å². The molecule has 0 spiro atoms. The summed E-state index contributed by atoms with van der Waals surface area (Å²) in [6.07, 6.45) is 2.92. The number of thiophene rings is 1. The van der Waals surface area contributed by atoms with Crippen molar-refractivity contribution in [3.63, 3.8) is 0 Å². The molecule has 5 rings (SSSR count). The highest BCUT2D eigenvalue weighted by Gasteiger charge is 2.24. The molecule has 0 fully saturated rings. The highest BCUT2D eigenvalue weighted by atomic mass is 32.1. The molecule has 0 atom stereocenters. The van der Waals surface area contributed by atoms with Gasteiger partial charge in [0, 0.05) is 23.2 Å². The summed E-state index contributed by atoms with van der Waals surface area (Å²) in [5.41, 5.74) is 0.711. The molecule has 3 aromatic heterocycles. The lowest BCUT2D eigenvalue weighted by atomic mass is 10.0. The summed E-state index contributed by atoms with van der Waals surface area (Å²) >= 11 is 1.33. The van der Waals surface area contributed by atoms with Crippen molar-refractivity contribution >= 4 is 27.5 Å². The lowest BCUT2D eigenvalue weighted by Gasteiger charge is -2.13. The van der Waals surface area contributed by atoms with E-state index in [-0.39, 0.29) is 24.3 Å². The Kier molecular flexibility index (Phi) is 7.48. The SMILES string of the molecule is CCOC(=O)c1cn(Cc2c(F)cccc2F)c2sc(-c3ccccc3)c(CNCc3ccco3)c2c1=O. The van der Waals surface area contributed by atoms with E-state index in [4.69, 9.17) is 9.15 Å². The van der Waals surface area contributed by atoms with Crippen LogP contribution in [-0.4, -0.2) is 17.1 Å². The number of carbonyl (C=O) groups is 1. The Hall–Kier alpha value is -4.08. The summed E-state index contributed by atoms with van der Waals surface area (Å²) in [5, 5.41) is 3.62. The number of carbonyl (C=O) groups excluding carboxylic acids is 1. The maximum absolute atomic E-state index is 14.6. The van der Waals surface area contributed by atoms with Crippen molar-refractivity contribution in [3.8, 4) is 10.4 Å². The summed E-state index contributed by atoms with van der Waals surface area (Å²) in [6, 6.07) is 16.8. The van der Waals surface area contributed by atoms with Crippen molar-refractivity contribution in [3.05, 3.63) is 117 Å². The second-order valence-electron chi connectivity index (χ2n) is 8.56. The molecule has 9 heteroatoms. The Morgan fingerprint density at radius 1 is 1.00 bits per heavy atom. The van der Waals surface area contributed by atoms with Crippen LogP contribution in [0.2, 0.25) is 0 Å². The van der Waals surface area contributed by atoms with Crippen LogP contribution < -0.4 is 10.7 Å². The van der Waals surface area contributed by atoms with Gasteiger partial charge in [0.1, 0.15) is 27.8 Å². The van der Waals surface area contributed by atoms with Crippen LogP contribution >= 0.6 is 11.3 Å². The molecule has 0 aliphatic heterocycles. The number of benzene rings is 2. The quantitative estimate of drug-likeness (QED) is 0.231. The standard InChI is InChI=1S/C29H24F2N2O4S/c1-2-36-29(35)22-17-33(16-21-23(30)11-6-12-24(21)31)28-25(26(22)34)20(15-32-14-19-10-7-13-37-19)27(38-28)18-8-4-3-5-9-18/h3-13,17,32H,2,14-16H2,1H3. The van der Waals surface area contributed by atoms with Gasteiger partial charge in [0.15, 0.2) is 0 Å². The maximum Gasteiger partial charge on any atom is 0.343 e. The predicted octanol–water partition coefficient (Wildman–Crippen LogP) is 6.12. The van der Waals surface area contributed by atoms with E-state index in [1.165, 1.54) is 35.7 Å². The van der Waals surface area contributed by atoms with Crippen molar-refractivity contribution in [1.82, 2.24) is 9.88 Å². The number of aromatic nitrogens is 1. The average Bonchev–Trinajstić information content (AvgIpc) is 3.57. The van der Waals surface area contributed by atoms with Crippen molar-refractivity contribution in [2.24, 2.45) is 0 Å². The van der Waals surface area contributed by atoms with Crippen molar-refractivity contribution in [2.75, 3.05) is 6.61 Å². The highest BCUT2D eigenvalue weighted by molar-refractivity contribution is 7.22. The summed E-state index contributed by atoms with van der Waals surface area (Å²) in [4.78, 5) is 27.8. The minimum Gasteiger partial charge on any atom is -0.468 e. The van der Waals surface area contributed by atoms with Crippen LogP contribution in [0.15, 0.2) is 82.3 Å². The number of nitrogens with one attached hydrogen (secondary N) is 1. The third-order valence-electron chi connectivity index (χ3n) is 6.11. The van der Waals surface area contributed by atoms with E-state index >= 15 is 0 Å². The van der Waals surface area contributed by atoms with Gasteiger partial charge in [0.25, 0.3) is 0 Å². The smallest absolute Gasteiger partial charge is 0.343 e. The summed E-state index contributed by atoms with van der Waals surface area (Å²) in [5.74, 6) is -1.49. The zero-order valence-electron chi connectivity index (χ0n) is 20.5. The minimum atomic E-state index is -0.788. The van der Waals surface area contributed by atoms with Gasteiger partial charge in [0.2, 0.25) is 5.43 Å². The molecular formula is C29H24F2N2O4S. The number of esters is 1. The molecule has 194 valence electrons. The third kappa shape index (κ3) is 5.03. The van der Waals surface area contributed by atoms with E-state index in [1.807, 2.05) is 36.4 Å². The van der Waals surface area contributed by atoms with Gasteiger partial charge in [-0.15, -0.1) is 11.3 Å². The first-order valence-electron chi connectivity index (χ1n) is 12.0. The van der Waals surface area contributed by atoms with Crippen LogP contribution in [0.5, 0.6) is 0 Å². The lowest BCUT2D eigenvalue weighted by Crippen LogP contribution is -2.22. The molecule has 0 unspecified atom stereocenters. The van der Waals surface area contributed by atoms with E-state index in [2.05, 4.69) is 5.32 Å². The fourth-order valence-corrected chi connectivity index (χ4v) is 5.63. The molecule has 38 heavy (non-hydrogen) atoms. The van der Waals surface area contributed by atoms with Gasteiger partial charge in [-0.25, -0.2) is 13.6 Å². The van der Waals surface area contributed by atoms with E-state index < -0.39 is 23.0 Å². The normalized spacial score (nSPS) is 11.2. The van der Waals surface area contributed by atoms with Gasteiger partial charge in [0.05, 0.1) is 31.3 Å². The Bertz CT molecular complexity index is 1620. The Morgan fingerprint density at radius 2 is 1.76 bits per heavy atom. The Labute approximate surface area is 221 Å². The van der Waals surface area contributed by atoms with E-state index in [0.29, 0.717) is 28.9 Å². The number of hydrogen-bond donors (Lipinski definition) is 1. The average molecular weight is 535 g/mol. The molecule has 5 aromatic rings. The second-order valence-corrected chi connectivity index (χ2v) is 9.56. The van der Waals surface area contributed by atoms with Crippen LogP contribution in [-0.2, 0) is 24.4 Å². The maximum atomic E-state index is 14.6. The Balaban J connectivity index is 1.72. The fourth-order valence-electron chi connectivity index (χ4n) is 4.34. The van der Waals surface area contributed by atoms with E-state index in [9.17, 15) is 18.4 Å². The number of rotatable bonds is 9. The molecule has 2 aromatic carbocycles. The highest BCUT2D eigenvalue weighted by Crippen LogP contribution is 2.38. The largest absolute Gasteiger partial charge is 0.468 e. The second kappa shape index (κ2) is 11.1. The van der Waals surface area contributed by atoms with Crippen LogP contribution in [0.1, 0.15) is 34.2 Å². The van der Waals surface area contributed by atoms with Gasteiger partial charge in [-0.05, 0) is 42.3 Å². The summed E-state index contributed by atoms with van der Waals surface area (Å²) in [7, 11) is 0. The minimum absolute atomic E-state index is 0.0781. The molecule has 1 N–H and O–H groups in total. The summed E-state index contributed by atoms with van der Waals surface area (Å²) in [6.45, 7) is 2.22. The number of ether oxygens (including phenoxy) is 1. The Morgan fingerprint density at radius 3 is 2.45 bits per heavy atom. The molecule has 0 amide bonds. The zero-order chi connectivity index (χ0) is 26.6. The fraction of sp³-hybridized carbons (Fsp3) is 0.172. The molecule has 0 radical (unpaired) electrons. The molecule has 0 aliphatic carbocycles. The van der Waals surface area contributed by atoms with Gasteiger partial charge < -0.3 is 19.0 Å². The molecule has 0 aliphatic rings. The first kappa shape index (κ1) is 25.6. The van der Waals surface area contributed by atoms with Gasteiger partial charge >= 0.3 is 5.97 Å². The first-order chi connectivity index (χ1) is 18.5. The zero-order valence-corrected chi connectivity index (χ0v) is 21.3. The van der Waals surface area contributed by atoms with Gasteiger partial charge in [-0.2, -0.15) is 0 Å². The van der Waals surface area contributed by atoms with Crippen LogP contribution in [0.25, 0.3) is 20.7 Å². The van der Waals surface area contributed by atoms with Crippen LogP contribution in [0.3, 0.4) is 0 Å².